The summed E-state index contributed by atoms with van der Waals surface area (Å²) in [5, 5.41) is 0. The third-order valence-corrected chi connectivity index (χ3v) is 5.43. The molecular formula is C15H17Cl2NO. The maximum atomic E-state index is 12.5. The fraction of sp³-hybridized carbons (Fsp3) is 0.533. The smallest absolute Gasteiger partial charge is 0.244 e. The van der Waals surface area contributed by atoms with Crippen LogP contribution in [-0.2, 0) is 11.3 Å². The monoisotopic (exact) mass is 297 g/mol. The lowest BCUT2D eigenvalue weighted by atomic mass is 9.99. The summed E-state index contributed by atoms with van der Waals surface area (Å²) >= 11 is 12.5. The molecule has 1 aliphatic carbocycles. The molecule has 3 atom stereocenters. The molecule has 0 spiro atoms. The minimum absolute atomic E-state index is 0.0932. The van der Waals surface area contributed by atoms with Crippen LogP contribution in [0.2, 0.25) is 0 Å². The van der Waals surface area contributed by atoms with Crippen LogP contribution in [0.1, 0.15) is 18.4 Å². The maximum Gasteiger partial charge on any atom is 0.244 e. The van der Waals surface area contributed by atoms with E-state index in [9.17, 15) is 4.79 Å². The number of benzene rings is 1. The minimum atomic E-state index is -0.686. The molecule has 1 saturated heterocycles. The Morgan fingerprint density at radius 2 is 2.05 bits per heavy atom. The van der Waals surface area contributed by atoms with Crippen LogP contribution >= 0.6 is 23.2 Å². The second kappa shape index (κ2) is 4.99. The lowest BCUT2D eigenvalue weighted by Gasteiger charge is -2.21. The van der Waals surface area contributed by atoms with Crippen LogP contribution in [0.3, 0.4) is 0 Å². The largest absolute Gasteiger partial charge is 0.336 e. The number of hydrogen-bond acceptors (Lipinski definition) is 1. The highest BCUT2D eigenvalue weighted by Gasteiger charge is 2.57. The fourth-order valence-corrected chi connectivity index (χ4v) is 4.14. The highest BCUT2D eigenvalue weighted by Crippen LogP contribution is 2.50. The third kappa shape index (κ3) is 2.25. The van der Waals surface area contributed by atoms with Crippen molar-refractivity contribution in [3.63, 3.8) is 0 Å². The maximum absolute atomic E-state index is 12.5. The van der Waals surface area contributed by atoms with Crippen LogP contribution in [0.4, 0.5) is 0 Å². The van der Waals surface area contributed by atoms with Gasteiger partial charge in [-0.25, -0.2) is 0 Å². The number of fused-ring (bicyclic) bond motifs is 1. The number of carbonyl (C=O) groups is 1. The molecule has 1 aromatic carbocycles. The van der Waals surface area contributed by atoms with Crippen LogP contribution in [-0.4, -0.2) is 28.1 Å². The van der Waals surface area contributed by atoms with Gasteiger partial charge in [0.15, 0.2) is 0 Å². The zero-order chi connectivity index (χ0) is 13.5. The average Bonchev–Trinajstić information content (AvgIpc) is 2.86. The number of halogens is 2. The Balaban J connectivity index is 1.74. The molecule has 1 amide bonds. The summed E-state index contributed by atoms with van der Waals surface area (Å²) in [6.07, 6.45) is 1.71. The first-order valence-corrected chi connectivity index (χ1v) is 7.63. The molecule has 0 aromatic heterocycles. The van der Waals surface area contributed by atoms with Gasteiger partial charge >= 0.3 is 0 Å². The third-order valence-electron chi connectivity index (χ3n) is 4.37. The average molecular weight is 298 g/mol. The van der Waals surface area contributed by atoms with E-state index in [0.29, 0.717) is 18.3 Å². The Bertz CT molecular complexity index is 478. The Kier molecular flexibility index (Phi) is 3.48. The van der Waals surface area contributed by atoms with Gasteiger partial charge in [-0.3, -0.25) is 4.79 Å². The molecule has 2 aliphatic rings. The van der Waals surface area contributed by atoms with E-state index in [-0.39, 0.29) is 11.8 Å². The number of amides is 1. The van der Waals surface area contributed by atoms with Crippen molar-refractivity contribution < 1.29 is 4.79 Å². The van der Waals surface area contributed by atoms with Crippen molar-refractivity contribution in [3.05, 3.63) is 35.9 Å². The fourth-order valence-electron chi connectivity index (χ4n) is 3.41. The predicted molar refractivity (Wildman–Crippen MR) is 77.4 cm³/mol. The quantitative estimate of drug-likeness (QED) is 0.784. The Morgan fingerprint density at radius 1 is 1.32 bits per heavy atom. The molecule has 1 aromatic rings. The molecule has 1 heterocycles. The highest BCUT2D eigenvalue weighted by molar-refractivity contribution is 6.36. The van der Waals surface area contributed by atoms with Gasteiger partial charge in [-0.15, -0.1) is 23.2 Å². The van der Waals surface area contributed by atoms with Crippen molar-refractivity contribution in [3.8, 4) is 0 Å². The SMILES string of the molecule is O=C1N(Cc2ccccc2)C[C@H]2C[C@H](CCl)C[C@]12Cl. The van der Waals surface area contributed by atoms with Crippen molar-refractivity contribution in [1.82, 2.24) is 4.90 Å². The van der Waals surface area contributed by atoms with Crippen LogP contribution in [0.5, 0.6) is 0 Å². The van der Waals surface area contributed by atoms with Crippen molar-refractivity contribution in [2.75, 3.05) is 12.4 Å². The van der Waals surface area contributed by atoms with Gasteiger partial charge in [-0.05, 0) is 24.3 Å². The molecule has 0 N–H and O–H groups in total. The van der Waals surface area contributed by atoms with Crippen LogP contribution in [0.15, 0.2) is 30.3 Å². The molecule has 102 valence electrons. The minimum Gasteiger partial charge on any atom is -0.336 e. The first kappa shape index (κ1) is 13.3. The standard InChI is InChI=1S/C15H17Cl2NO/c16-8-12-6-13-10-18(14(19)15(13,17)7-12)9-11-4-2-1-3-5-11/h1-5,12-13H,6-10H2/t12-,13+,15+/m0/s1. The van der Waals surface area contributed by atoms with Gasteiger partial charge in [0.2, 0.25) is 5.91 Å². The van der Waals surface area contributed by atoms with Crippen LogP contribution in [0, 0.1) is 11.8 Å². The molecule has 3 rings (SSSR count). The van der Waals surface area contributed by atoms with Crippen molar-refractivity contribution in [2.45, 2.75) is 24.3 Å². The van der Waals surface area contributed by atoms with Gasteiger partial charge in [0.25, 0.3) is 0 Å². The van der Waals surface area contributed by atoms with Crippen molar-refractivity contribution in [2.24, 2.45) is 11.8 Å². The van der Waals surface area contributed by atoms with Crippen LogP contribution < -0.4 is 0 Å². The van der Waals surface area contributed by atoms with Gasteiger partial charge in [0.1, 0.15) is 4.87 Å². The van der Waals surface area contributed by atoms with Gasteiger partial charge < -0.3 is 4.90 Å². The molecule has 1 aliphatic heterocycles. The highest BCUT2D eigenvalue weighted by atomic mass is 35.5. The summed E-state index contributed by atoms with van der Waals surface area (Å²) in [5.41, 5.74) is 1.16. The summed E-state index contributed by atoms with van der Waals surface area (Å²) in [6, 6.07) is 10.1. The van der Waals surface area contributed by atoms with Gasteiger partial charge in [-0.1, -0.05) is 30.3 Å². The second-order valence-electron chi connectivity index (χ2n) is 5.69. The molecule has 2 fully saturated rings. The number of likely N-dealkylation sites (tertiary alicyclic amines) is 1. The van der Waals surface area contributed by atoms with Gasteiger partial charge in [0, 0.05) is 24.9 Å². The Labute approximate surface area is 123 Å². The predicted octanol–water partition coefficient (Wildman–Crippen LogP) is 3.27. The van der Waals surface area contributed by atoms with E-state index in [2.05, 4.69) is 0 Å². The number of carbonyl (C=O) groups excluding carboxylic acids is 1. The normalized spacial score (nSPS) is 33.8. The van der Waals surface area contributed by atoms with Gasteiger partial charge in [-0.2, -0.15) is 0 Å². The number of hydrogen-bond donors (Lipinski definition) is 0. The van der Waals surface area contributed by atoms with Gasteiger partial charge in [0.05, 0.1) is 0 Å². The second-order valence-corrected chi connectivity index (χ2v) is 6.67. The van der Waals surface area contributed by atoms with Crippen molar-refractivity contribution >= 4 is 29.1 Å². The van der Waals surface area contributed by atoms with E-state index in [1.165, 1.54) is 0 Å². The molecule has 1 saturated carbocycles. The summed E-state index contributed by atoms with van der Waals surface area (Å²) in [4.78, 5) is 13.7. The number of rotatable bonds is 3. The van der Waals surface area contributed by atoms with E-state index in [4.69, 9.17) is 23.2 Å². The molecular weight excluding hydrogens is 281 g/mol. The molecule has 4 heteroatoms. The van der Waals surface area contributed by atoms with Crippen molar-refractivity contribution in [1.29, 1.82) is 0 Å². The first-order valence-electron chi connectivity index (χ1n) is 6.71. The topological polar surface area (TPSA) is 20.3 Å². The lowest BCUT2D eigenvalue weighted by Crippen LogP contribution is -2.36. The summed E-state index contributed by atoms with van der Waals surface area (Å²) in [6.45, 7) is 1.43. The Hall–Kier alpha value is -0.730. The first-order chi connectivity index (χ1) is 9.13. The molecule has 0 bridgehead atoms. The molecule has 2 nitrogen and oxygen atoms in total. The summed E-state index contributed by atoms with van der Waals surface area (Å²) in [5.74, 6) is 1.36. The van der Waals surface area contributed by atoms with E-state index in [1.807, 2.05) is 35.2 Å². The zero-order valence-electron chi connectivity index (χ0n) is 10.7. The molecule has 19 heavy (non-hydrogen) atoms. The molecule has 0 unspecified atom stereocenters. The summed E-state index contributed by atoms with van der Waals surface area (Å²) < 4.78 is 0. The summed E-state index contributed by atoms with van der Waals surface area (Å²) in [7, 11) is 0. The van der Waals surface area contributed by atoms with E-state index < -0.39 is 4.87 Å². The molecule has 0 radical (unpaired) electrons. The van der Waals surface area contributed by atoms with E-state index in [0.717, 1.165) is 24.9 Å². The van der Waals surface area contributed by atoms with Crippen LogP contribution in [0.25, 0.3) is 0 Å². The lowest BCUT2D eigenvalue weighted by molar-refractivity contribution is -0.130. The zero-order valence-corrected chi connectivity index (χ0v) is 12.2. The number of alkyl halides is 2. The van der Waals surface area contributed by atoms with E-state index in [1.54, 1.807) is 0 Å². The Morgan fingerprint density at radius 3 is 2.68 bits per heavy atom. The van der Waals surface area contributed by atoms with E-state index >= 15 is 0 Å². The number of nitrogens with zero attached hydrogens (tertiary/aromatic N) is 1.